The number of hydrogen-bond donors (Lipinski definition) is 0. The number of carbonyl (C=O) groups is 1. The van der Waals surface area contributed by atoms with E-state index in [1.165, 1.54) is 11.0 Å². The molecule has 3 aromatic rings. The van der Waals surface area contributed by atoms with Crippen LogP contribution in [0.1, 0.15) is 16.8 Å². The van der Waals surface area contributed by atoms with Gasteiger partial charge in [-0.15, -0.1) is 0 Å². The van der Waals surface area contributed by atoms with Gasteiger partial charge in [0, 0.05) is 30.5 Å². The number of benzene rings is 2. The fourth-order valence-corrected chi connectivity index (χ4v) is 3.13. The summed E-state index contributed by atoms with van der Waals surface area (Å²) in [6, 6.07) is 14.4. The van der Waals surface area contributed by atoms with Crippen molar-refractivity contribution in [3.8, 4) is 5.88 Å². The molecule has 0 bridgehead atoms. The van der Waals surface area contributed by atoms with Gasteiger partial charge in [-0.1, -0.05) is 18.2 Å². The second-order valence-corrected chi connectivity index (χ2v) is 6.25. The standard InChI is InChI=1S/C20H16F2N2O2/c21-14-6-7-16(17(22)11-14)20(25)24-10-9-15(12-24)26-19-8-5-13-3-1-2-4-18(13)23-19/h1-8,11,15H,9-10,12H2/t15-/m1/s1. The summed E-state index contributed by atoms with van der Waals surface area (Å²) < 4.78 is 32.7. The Morgan fingerprint density at radius 2 is 1.96 bits per heavy atom. The Hall–Kier alpha value is -3.02. The lowest BCUT2D eigenvalue weighted by Gasteiger charge is -2.17. The topological polar surface area (TPSA) is 42.4 Å². The predicted molar refractivity (Wildman–Crippen MR) is 93.0 cm³/mol. The van der Waals surface area contributed by atoms with Crippen molar-refractivity contribution in [3.05, 3.63) is 71.8 Å². The number of fused-ring (bicyclic) bond motifs is 1. The average molecular weight is 354 g/mol. The Morgan fingerprint density at radius 3 is 2.81 bits per heavy atom. The zero-order valence-electron chi connectivity index (χ0n) is 13.9. The SMILES string of the molecule is O=C(c1ccc(F)cc1F)N1CC[C@@H](Oc2ccc3ccccc3n2)C1. The first kappa shape index (κ1) is 16.4. The van der Waals surface area contributed by atoms with E-state index < -0.39 is 17.5 Å². The second kappa shape index (κ2) is 6.71. The first-order valence-electron chi connectivity index (χ1n) is 8.37. The lowest BCUT2D eigenvalue weighted by atomic mass is 10.2. The van der Waals surface area contributed by atoms with Crippen LogP contribution in [0.5, 0.6) is 5.88 Å². The van der Waals surface area contributed by atoms with Gasteiger partial charge in [0.2, 0.25) is 5.88 Å². The zero-order valence-corrected chi connectivity index (χ0v) is 13.9. The highest BCUT2D eigenvalue weighted by Gasteiger charge is 2.30. The van der Waals surface area contributed by atoms with Crippen LogP contribution in [0, 0.1) is 11.6 Å². The van der Waals surface area contributed by atoms with Crippen LogP contribution >= 0.6 is 0 Å². The second-order valence-electron chi connectivity index (χ2n) is 6.25. The number of likely N-dealkylation sites (tertiary alicyclic amines) is 1. The monoisotopic (exact) mass is 354 g/mol. The Morgan fingerprint density at radius 1 is 1.12 bits per heavy atom. The van der Waals surface area contributed by atoms with E-state index in [0.717, 1.165) is 23.0 Å². The molecular weight excluding hydrogens is 338 g/mol. The predicted octanol–water partition coefficient (Wildman–Crippen LogP) is 3.81. The van der Waals surface area contributed by atoms with E-state index >= 15 is 0 Å². The van der Waals surface area contributed by atoms with E-state index in [9.17, 15) is 13.6 Å². The van der Waals surface area contributed by atoms with Crippen LogP contribution in [0.25, 0.3) is 10.9 Å². The molecule has 4 nitrogen and oxygen atoms in total. The third-order valence-electron chi connectivity index (χ3n) is 4.45. The maximum atomic E-state index is 13.8. The fraction of sp³-hybridized carbons (Fsp3) is 0.200. The minimum Gasteiger partial charge on any atom is -0.472 e. The molecule has 2 aromatic carbocycles. The number of aromatic nitrogens is 1. The minimum atomic E-state index is -0.851. The van der Waals surface area contributed by atoms with Crippen LogP contribution in [0.2, 0.25) is 0 Å². The molecule has 4 rings (SSSR count). The zero-order chi connectivity index (χ0) is 18.1. The van der Waals surface area contributed by atoms with Crippen LogP contribution in [-0.2, 0) is 0 Å². The largest absolute Gasteiger partial charge is 0.472 e. The Kier molecular flexibility index (Phi) is 4.24. The first-order valence-corrected chi connectivity index (χ1v) is 8.37. The molecular formula is C20H16F2N2O2. The fourth-order valence-electron chi connectivity index (χ4n) is 3.13. The molecule has 1 atom stereocenters. The molecule has 132 valence electrons. The summed E-state index contributed by atoms with van der Waals surface area (Å²) >= 11 is 0. The molecule has 2 heterocycles. The van der Waals surface area contributed by atoms with E-state index in [-0.39, 0.29) is 11.7 Å². The van der Waals surface area contributed by atoms with Crippen molar-refractivity contribution in [2.75, 3.05) is 13.1 Å². The number of nitrogens with zero attached hydrogens (tertiary/aromatic N) is 2. The Bertz CT molecular complexity index is 977. The van der Waals surface area contributed by atoms with E-state index in [1.54, 1.807) is 6.07 Å². The summed E-state index contributed by atoms with van der Waals surface area (Å²) in [6.07, 6.45) is 0.416. The van der Waals surface area contributed by atoms with Crippen molar-refractivity contribution in [3.63, 3.8) is 0 Å². The van der Waals surface area contributed by atoms with Gasteiger partial charge in [0.15, 0.2) is 0 Å². The van der Waals surface area contributed by atoms with Crippen molar-refractivity contribution in [1.82, 2.24) is 9.88 Å². The average Bonchev–Trinajstić information content (AvgIpc) is 3.09. The molecule has 1 aromatic heterocycles. The van der Waals surface area contributed by atoms with E-state index in [1.807, 2.05) is 30.3 Å². The van der Waals surface area contributed by atoms with Gasteiger partial charge in [0.25, 0.3) is 5.91 Å². The van der Waals surface area contributed by atoms with Gasteiger partial charge < -0.3 is 9.64 Å². The Balaban J connectivity index is 1.45. The number of hydrogen-bond acceptors (Lipinski definition) is 3. The summed E-state index contributed by atoms with van der Waals surface area (Å²) in [5, 5.41) is 1.02. The van der Waals surface area contributed by atoms with Crippen LogP contribution in [0.4, 0.5) is 8.78 Å². The van der Waals surface area contributed by atoms with Gasteiger partial charge in [0.05, 0.1) is 17.6 Å². The third kappa shape index (κ3) is 3.22. The minimum absolute atomic E-state index is 0.129. The lowest BCUT2D eigenvalue weighted by molar-refractivity contribution is 0.0766. The first-order chi connectivity index (χ1) is 12.6. The van der Waals surface area contributed by atoms with Gasteiger partial charge >= 0.3 is 0 Å². The summed E-state index contributed by atoms with van der Waals surface area (Å²) in [5.41, 5.74) is 0.709. The van der Waals surface area contributed by atoms with Crippen molar-refractivity contribution in [2.45, 2.75) is 12.5 Å². The van der Waals surface area contributed by atoms with Crippen LogP contribution in [0.15, 0.2) is 54.6 Å². The number of halogens is 2. The maximum absolute atomic E-state index is 13.8. The Labute approximate surface area is 149 Å². The highest BCUT2D eigenvalue weighted by Crippen LogP contribution is 2.22. The lowest BCUT2D eigenvalue weighted by Crippen LogP contribution is -2.31. The molecule has 0 N–H and O–H groups in total. The summed E-state index contributed by atoms with van der Waals surface area (Å²) in [7, 11) is 0. The number of ether oxygens (including phenoxy) is 1. The highest BCUT2D eigenvalue weighted by atomic mass is 19.1. The van der Waals surface area contributed by atoms with Gasteiger partial charge in [-0.25, -0.2) is 13.8 Å². The number of carbonyl (C=O) groups excluding carboxylic acids is 1. The van der Waals surface area contributed by atoms with Gasteiger partial charge in [-0.3, -0.25) is 4.79 Å². The number of amides is 1. The normalized spacial score (nSPS) is 16.8. The molecule has 1 fully saturated rings. The smallest absolute Gasteiger partial charge is 0.256 e. The summed E-state index contributed by atoms with van der Waals surface area (Å²) in [6.45, 7) is 0.790. The molecule has 0 radical (unpaired) electrons. The van der Waals surface area contributed by atoms with Crippen molar-refractivity contribution in [2.24, 2.45) is 0 Å². The van der Waals surface area contributed by atoms with Crippen molar-refractivity contribution < 1.29 is 18.3 Å². The highest BCUT2D eigenvalue weighted by molar-refractivity contribution is 5.94. The van der Waals surface area contributed by atoms with Crippen molar-refractivity contribution >= 4 is 16.8 Å². The molecule has 0 unspecified atom stereocenters. The molecule has 1 aliphatic rings. The summed E-state index contributed by atoms with van der Waals surface area (Å²) in [4.78, 5) is 18.4. The third-order valence-corrected chi connectivity index (χ3v) is 4.45. The molecule has 0 aliphatic carbocycles. The van der Waals surface area contributed by atoms with E-state index in [4.69, 9.17) is 4.74 Å². The maximum Gasteiger partial charge on any atom is 0.256 e. The van der Waals surface area contributed by atoms with Crippen LogP contribution < -0.4 is 4.74 Å². The van der Waals surface area contributed by atoms with Gasteiger partial charge in [0.1, 0.15) is 17.7 Å². The molecule has 1 saturated heterocycles. The van der Waals surface area contributed by atoms with Gasteiger partial charge in [-0.2, -0.15) is 0 Å². The number of para-hydroxylation sites is 1. The summed E-state index contributed by atoms with van der Waals surface area (Å²) in [5.74, 6) is -1.52. The van der Waals surface area contributed by atoms with Gasteiger partial charge in [-0.05, 0) is 24.3 Å². The van der Waals surface area contributed by atoms with E-state index in [2.05, 4.69) is 4.98 Å². The number of rotatable bonds is 3. The molecule has 6 heteroatoms. The molecule has 0 spiro atoms. The molecule has 1 aliphatic heterocycles. The number of pyridine rings is 1. The van der Waals surface area contributed by atoms with E-state index in [0.29, 0.717) is 25.4 Å². The van der Waals surface area contributed by atoms with Crippen LogP contribution in [0.3, 0.4) is 0 Å². The quantitative estimate of drug-likeness (QED) is 0.718. The molecule has 0 saturated carbocycles. The molecule has 1 amide bonds. The van der Waals surface area contributed by atoms with Crippen LogP contribution in [-0.4, -0.2) is 35.0 Å². The molecule has 26 heavy (non-hydrogen) atoms. The van der Waals surface area contributed by atoms with Crippen molar-refractivity contribution in [1.29, 1.82) is 0 Å².